The number of nitrogens with zero attached hydrogens (tertiary/aromatic N) is 1. The van der Waals surface area contributed by atoms with Gasteiger partial charge in [-0.25, -0.2) is 0 Å². The molecule has 7 heteroatoms. The molecule has 1 unspecified atom stereocenters. The first-order valence-corrected chi connectivity index (χ1v) is 11.0. The number of aromatic nitrogens is 2. The molecule has 6 N–H and O–H groups in total. The third-order valence-electron chi connectivity index (χ3n) is 6.41. The minimum Gasteiger partial charge on any atom is -0.366 e. The normalized spacial score (nSPS) is 15.3. The van der Waals surface area contributed by atoms with Gasteiger partial charge in [0.15, 0.2) is 0 Å². The number of carbonyl (C=O) groups excluding carboxylic acids is 2. The van der Waals surface area contributed by atoms with Crippen LogP contribution in [0.5, 0.6) is 0 Å². The zero-order valence-corrected chi connectivity index (χ0v) is 18.3. The Balaban J connectivity index is 1.64. The van der Waals surface area contributed by atoms with Crippen molar-refractivity contribution in [3.05, 3.63) is 82.8 Å². The fourth-order valence-electron chi connectivity index (χ4n) is 4.74. The smallest absolute Gasteiger partial charge is 0.274 e. The molecule has 0 radical (unpaired) electrons. The molecule has 0 fully saturated rings. The quantitative estimate of drug-likeness (QED) is 0.387. The Hall–Kier alpha value is -3.97. The van der Waals surface area contributed by atoms with E-state index in [1.54, 1.807) is 30.5 Å². The number of pyridine rings is 1. The Morgan fingerprint density at radius 1 is 1.09 bits per heavy atom. The molecule has 33 heavy (non-hydrogen) atoms. The second-order valence-corrected chi connectivity index (χ2v) is 8.51. The molecular weight excluding hydrogens is 414 g/mol. The Labute approximate surface area is 191 Å². The zero-order chi connectivity index (χ0) is 23.1. The average molecular weight is 440 g/mol. The van der Waals surface area contributed by atoms with E-state index in [4.69, 9.17) is 11.5 Å². The summed E-state index contributed by atoms with van der Waals surface area (Å²) in [6.07, 6.45) is 4.05. The van der Waals surface area contributed by atoms with Crippen LogP contribution in [0.2, 0.25) is 0 Å². The van der Waals surface area contributed by atoms with E-state index in [9.17, 15) is 9.59 Å². The van der Waals surface area contributed by atoms with Crippen molar-refractivity contribution in [2.45, 2.75) is 32.2 Å². The number of benzene rings is 2. The lowest BCUT2D eigenvalue weighted by Gasteiger charge is -2.19. The van der Waals surface area contributed by atoms with E-state index in [0.29, 0.717) is 16.9 Å². The summed E-state index contributed by atoms with van der Waals surface area (Å²) in [6, 6.07) is 14.9. The Kier molecular flexibility index (Phi) is 5.18. The van der Waals surface area contributed by atoms with Gasteiger partial charge in [0.2, 0.25) is 0 Å². The molecule has 1 aliphatic rings. The predicted molar refractivity (Wildman–Crippen MR) is 129 cm³/mol. The lowest BCUT2D eigenvalue weighted by molar-refractivity contribution is 0.0998. The fraction of sp³-hybridized carbons (Fsp3) is 0.192. The maximum atomic E-state index is 12.7. The number of primary amides is 1. The lowest BCUT2D eigenvalue weighted by Crippen LogP contribution is -2.27. The van der Waals surface area contributed by atoms with Crippen LogP contribution in [0.15, 0.2) is 54.7 Å². The number of nitrogens with one attached hydrogen (secondary N) is 2. The largest absolute Gasteiger partial charge is 0.366 e. The van der Waals surface area contributed by atoms with Crippen LogP contribution >= 0.6 is 0 Å². The van der Waals surface area contributed by atoms with E-state index in [2.05, 4.69) is 15.3 Å². The molecule has 0 spiro atoms. The van der Waals surface area contributed by atoms with Crippen molar-refractivity contribution in [1.82, 2.24) is 9.97 Å². The van der Waals surface area contributed by atoms with Gasteiger partial charge < -0.3 is 21.8 Å². The highest BCUT2D eigenvalue weighted by Crippen LogP contribution is 2.40. The van der Waals surface area contributed by atoms with Gasteiger partial charge in [0.05, 0.1) is 11.1 Å². The van der Waals surface area contributed by atoms with Crippen LogP contribution < -0.4 is 16.8 Å². The molecule has 166 valence electrons. The van der Waals surface area contributed by atoms with E-state index >= 15 is 0 Å². The first kappa shape index (κ1) is 20.9. The van der Waals surface area contributed by atoms with Crippen molar-refractivity contribution in [2.24, 2.45) is 11.5 Å². The van der Waals surface area contributed by atoms with Crippen LogP contribution in [0.4, 0.5) is 5.69 Å². The second kappa shape index (κ2) is 8.18. The van der Waals surface area contributed by atoms with Crippen LogP contribution in [0.25, 0.3) is 22.0 Å². The van der Waals surface area contributed by atoms with Crippen LogP contribution in [0.3, 0.4) is 0 Å². The van der Waals surface area contributed by atoms with Gasteiger partial charge in [-0.3, -0.25) is 14.6 Å². The van der Waals surface area contributed by atoms with Crippen molar-refractivity contribution in [3.8, 4) is 11.1 Å². The minimum atomic E-state index is -0.470. The number of hydrogen-bond acceptors (Lipinski definition) is 4. The number of anilines is 1. The minimum absolute atomic E-state index is 0.0953. The number of hydrogen-bond donors (Lipinski definition) is 4. The number of aromatic amines is 1. The summed E-state index contributed by atoms with van der Waals surface area (Å²) >= 11 is 0. The predicted octanol–water partition coefficient (Wildman–Crippen LogP) is 3.71. The number of H-pyrrole nitrogens is 1. The Morgan fingerprint density at radius 2 is 1.94 bits per heavy atom. The highest BCUT2D eigenvalue weighted by molar-refractivity contribution is 6.11. The van der Waals surface area contributed by atoms with Gasteiger partial charge >= 0.3 is 0 Å². The summed E-state index contributed by atoms with van der Waals surface area (Å²) in [4.78, 5) is 32.4. The van der Waals surface area contributed by atoms with Gasteiger partial charge in [-0.2, -0.15) is 0 Å². The molecule has 4 aromatic rings. The molecule has 5 rings (SSSR count). The highest BCUT2D eigenvalue weighted by Gasteiger charge is 2.25. The molecule has 1 aliphatic carbocycles. The van der Waals surface area contributed by atoms with Gasteiger partial charge in [0, 0.05) is 35.4 Å². The maximum absolute atomic E-state index is 12.7. The number of rotatable bonds is 4. The SMILES string of the molecule is Cc1c(NC(=O)c2ccccn2)cccc1-c1ccc(C(N)=O)c2[nH]c3c(c12)CCC(N)C3. The van der Waals surface area contributed by atoms with Gasteiger partial charge in [-0.1, -0.05) is 24.3 Å². The summed E-state index contributed by atoms with van der Waals surface area (Å²) in [5, 5.41) is 3.98. The van der Waals surface area contributed by atoms with Gasteiger partial charge in [0.25, 0.3) is 11.8 Å². The molecule has 0 saturated heterocycles. The number of carbonyl (C=O) groups is 2. The molecule has 2 amide bonds. The topological polar surface area (TPSA) is 127 Å². The van der Waals surface area contributed by atoms with Crippen molar-refractivity contribution in [1.29, 1.82) is 0 Å². The second-order valence-electron chi connectivity index (χ2n) is 8.51. The molecule has 2 aromatic heterocycles. The van der Waals surface area contributed by atoms with Gasteiger partial charge in [-0.15, -0.1) is 0 Å². The number of aryl methyl sites for hydroxylation is 1. The number of nitrogens with two attached hydrogens (primary N) is 2. The molecule has 2 aromatic carbocycles. The molecule has 0 aliphatic heterocycles. The van der Waals surface area contributed by atoms with E-state index < -0.39 is 5.91 Å². The maximum Gasteiger partial charge on any atom is 0.274 e. The van der Waals surface area contributed by atoms with E-state index in [-0.39, 0.29) is 11.9 Å². The Bertz CT molecular complexity index is 1390. The number of amides is 2. The fourth-order valence-corrected chi connectivity index (χ4v) is 4.74. The van der Waals surface area contributed by atoms with Crippen molar-refractivity contribution in [3.63, 3.8) is 0 Å². The van der Waals surface area contributed by atoms with E-state index in [1.807, 2.05) is 31.2 Å². The van der Waals surface area contributed by atoms with Gasteiger partial charge in [0.1, 0.15) is 5.69 Å². The van der Waals surface area contributed by atoms with E-state index in [1.165, 1.54) is 5.56 Å². The highest BCUT2D eigenvalue weighted by atomic mass is 16.2. The summed E-state index contributed by atoms with van der Waals surface area (Å²) in [5.41, 5.74) is 19.3. The third kappa shape index (κ3) is 3.66. The molecular formula is C26H25N5O2. The lowest BCUT2D eigenvalue weighted by atomic mass is 9.88. The zero-order valence-electron chi connectivity index (χ0n) is 18.3. The van der Waals surface area contributed by atoms with Crippen LogP contribution in [0, 0.1) is 6.92 Å². The third-order valence-corrected chi connectivity index (χ3v) is 6.41. The first-order valence-electron chi connectivity index (χ1n) is 11.0. The monoisotopic (exact) mass is 439 g/mol. The summed E-state index contributed by atoms with van der Waals surface area (Å²) in [6.45, 7) is 1.98. The van der Waals surface area contributed by atoms with Crippen LogP contribution in [-0.4, -0.2) is 27.8 Å². The molecule has 1 atom stereocenters. The molecule has 7 nitrogen and oxygen atoms in total. The van der Waals surface area contributed by atoms with Gasteiger partial charge in [-0.05, 0) is 66.3 Å². The summed E-state index contributed by atoms with van der Waals surface area (Å²) < 4.78 is 0. The first-order chi connectivity index (χ1) is 15.9. The van der Waals surface area contributed by atoms with E-state index in [0.717, 1.165) is 52.5 Å². The van der Waals surface area contributed by atoms with Crippen molar-refractivity contribution < 1.29 is 9.59 Å². The molecule has 0 saturated carbocycles. The van der Waals surface area contributed by atoms with Crippen molar-refractivity contribution in [2.75, 3.05) is 5.32 Å². The van der Waals surface area contributed by atoms with Crippen molar-refractivity contribution >= 4 is 28.4 Å². The standard InChI is InChI=1S/C26H25N5O2/c1-14-16(5-4-7-20(14)31-26(33)21-6-2-3-12-29-21)17-10-11-19(25(28)32)24-23(17)18-9-8-15(27)13-22(18)30-24/h2-7,10-12,15,30H,8-9,13,27H2,1H3,(H2,28,32)(H,31,33). The summed E-state index contributed by atoms with van der Waals surface area (Å²) in [5.74, 6) is -0.736. The molecule has 0 bridgehead atoms. The molecule has 2 heterocycles. The Morgan fingerprint density at radius 3 is 2.70 bits per heavy atom. The van der Waals surface area contributed by atoms with Crippen LogP contribution in [-0.2, 0) is 12.8 Å². The number of fused-ring (bicyclic) bond motifs is 3. The average Bonchev–Trinajstić information content (AvgIpc) is 3.18. The summed E-state index contributed by atoms with van der Waals surface area (Å²) in [7, 11) is 0. The van der Waals surface area contributed by atoms with Crippen LogP contribution in [0.1, 0.15) is 44.1 Å².